The first-order chi connectivity index (χ1) is 7.24. The van der Waals surface area contributed by atoms with Gasteiger partial charge < -0.3 is 0 Å². The molecule has 0 unspecified atom stereocenters. The Bertz CT molecular complexity index is 502. The molecule has 0 saturated heterocycles. The number of hydrogen-bond acceptors (Lipinski definition) is 2. The van der Waals surface area contributed by atoms with Gasteiger partial charge in [0.25, 0.3) is 0 Å². The smallest absolute Gasteiger partial charge is 0.275 e. The molecule has 0 aliphatic heterocycles. The van der Waals surface area contributed by atoms with Crippen LogP contribution in [0.2, 0.25) is 0 Å². The molecule has 1 N–H and O–H groups in total. The Kier molecular flexibility index (Phi) is 2.43. The summed E-state index contributed by atoms with van der Waals surface area (Å²) in [4.78, 5) is 16.2. The predicted octanol–water partition coefficient (Wildman–Crippen LogP) is 2.07. The summed E-state index contributed by atoms with van der Waals surface area (Å²) >= 11 is 0. The minimum absolute atomic E-state index is 0.290. The Hall–Kier alpha value is -1.81. The van der Waals surface area contributed by atoms with Crippen LogP contribution in [-0.4, -0.2) is 17.7 Å². The molecule has 0 aliphatic rings. The van der Waals surface area contributed by atoms with Crippen LogP contribution in [-0.2, 0) is 4.84 Å². The first kappa shape index (κ1) is 9.73. The molecule has 78 valence electrons. The zero-order chi connectivity index (χ0) is 10.8. The highest BCUT2D eigenvalue weighted by atomic mass is 16.6. The molecule has 0 saturated carbocycles. The molecule has 0 atom stereocenters. The summed E-state index contributed by atoms with van der Waals surface area (Å²) in [7, 11) is 1.41. The van der Waals surface area contributed by atoms with Crippen molar-refractivity contribution in [1.82, 2.24) is 10.0 Å². The van der Waals surface area contributed by atoms with E-state index in [1.807, 2.05) is 31.2 Å². The largest absolute Gasteiger partial charge is 0.349 e. The molecule has 1 heterocycles. The lowest BCUT2D eigenvalue weighted by Crippen LogP contribution is -2.26. The van der Waals surface area contributed by atoms with Gasteiger partial charge in [-0.3, -0.25) is 9.40 Å². The molecule has 0 bridgehead atoms. The van der Waals surface area contributed by atoms with E-state index in [0.717, 1.165) is 16.5 Å². The fourth-order valence-electron chi connectivity index (χ4n) is 1.65. The van der Waals surface area contributed by atoms with E-state index in [9.17, 15) is 4.79 Å². The number of carbonyl (C=O) groups is 1. The molecular weight excluding hydrogens is 192 g/mol. The molecule has 4 nitrogen and oxygen atoms in total. The molecule has 0 fully saturated rings. The molecule has 2 aromatic rings. The van der Waals surface area contributed by atoms with Crippen LogP contribution < -0.4 is 5.48 Å². The summed E-state index contributed by atoms with van der Waals surface area (Å²) in [5.41, 5.74) is 4.24. The standard InChI is InChI=1S/C11H12N2O2/c1-8-7-13(11(14)12-15-2)10-6-4-3-5-9(8)10/h3-7H,1-2H3,(H,12,14). The van der Waals surface area contributed by atoms with Crippen molar-refractivity contribution in [1.29, 1.82) is 0 Å². The molecule has 2 rings (SSSR count). The molecule has 0 spiro atoms. The number of carbonyl (C=O) groups excluding carboxylic acids is 1. The van der Waals surface area contributed by atoms with E-state index in [0.29, 0.717) is 0 Å². The van der Waals surface area contributed by atoms with Crippen molar-refractivity contribution >= 4 is 16.9 Å². The molecule has 1 aromatic heterocycles. The summed E-state index contributed by atoms with van der Waals surface area (Å²) < 4.78 is 1.54. The molecule has 1 aromatic carbocycles. The van der Waals surface area contributed by atoms with Crippen LogP contribution in [0.15, 0.2) is 30.5 Å². The fourth-order valence-corrected chi connectivity index (χ4v) is 1.65. The van der Waals surface area contributed by atoms with Crippen LogP contribution in [0.4, 0.5) is 4.79 Å². The number of benzene rings is 1. The van der Waals surface area contributed by atoms with Crippen LogP contribution in [0, 0.1) is 6.92 Å². The molecule has 15 heavy (non-hydrogen) atoms. The minimum Gasteiger partial charge on any atom is -0.275 e. The van der Waals surface area contributed by atoms with Gasteiger partial charge in [-0.15, -0.1) is 0 Å². The lowest BCUT2D eigenvalue weighted by atomic mass is 10.2. The van der Waals surface area contributed by atoms with Crippen molar-refractivity contribution in [2.45, 2.75) is 6.92 Å². The first-order valence-corrected chi connectivity index (χ1v) is 4.64. The quantitative estimate of drug-likeness (QED) is 0.722. The predicted molar refractivity (Wildman–Crippen MR) is 57.6 cm³/mol. The highest BCUT2D eigenvalue weighted by Gasteiger charge is 2.09. The van der Waals surface area contributed by atoms with E-state index in [1.54, 1.807) is 6.20 Å². The van der Waals surface area contributed by atoms with E-state index in [-0.39, 0.29) is 6.03 Å². The van der Waals surface area contributed by atoms with Crippen molar-refractivity contribution < 1.29 is 9.63 Å². The number of aromatic nitrogens is 1. The lowest BCUT2D eigenvalue weighted by molar-refractivity contribution is 0.109. The minimum atomic E-state index is -0.290. The van der Waals surface area contributed by atoms with Crippen molar-refractivity contribution in [2.75, 3.05) is 7.11 Å². The SMILES string of the molecule is CONC(=O)n1cc(C)c2ccccc21. The average molecular weight is 204 g/mol. The number of fused-ring (bicyclic) bond motifs is 1. The van der Waals surface area contributed by atoms with Gasteiger partial charge in [-0.1, -0.05) is 18.2 Å². The normalized spacial score (nSPS) is 10.5. The van der Waals surface area contributed by atoms with Crippen molar-refractivity contribution in [3.63, 3.8) is 0 Å². The van der Waals surface area contributed by atoms with E-state index >= 15 is 0 Å². The number of aryl methyl sites for hydroxylation is 1. The molecule has 0 radical (unpaired) electrons. The van der Waals surface area contributed by atoms with Gasteiger partial charge >= 0.3 is 6.03 Å². The number of nitrogens with zero attached hydrogens (tertiary/aromatic N) is 1. The van der Waals surface area contributed by atoms with Crippen LogP contribution in [0.25, 0.3) is 10.9 Å². The van der Waals surface area contributed by atoms with Gasteiger partial charge in [0.2, 0.25) is 0 Å². The maximum atomic E-state index is 11.6. The summed E-state index contributed by atoms with van der Waals surface area (Å²) in [5.74, 6) is 0. The monoisotopic (exact) mass is 204 g/mol. The third-order valence-corrected chi connectivity index (χ3v) is 2.32. The van der Waals surface area contributed by atoms with E-state index in [1.165, 1.54) is 11.7 Å². The highest BCUT2D eigenvalue weighted by Crippen LogP contribution is 2.19. The van der Waals surface area contributed by atoms with Crippen LogP contribution in [0.5, 0.6) is 0 Å². The van der Waals surface area contributed by atoms with Gasteiger partial charge in [0.15, 0.2) is 0 Å². The third-order valence-electron chi connectivity index (χ3n) is 2.32. The van der Waals surface area contributed by atoms with Gasteiger partial charge in [-0.25, -0.2) is 10.3 Å². The van der Waals surface area contributed by atoms with E-state index in [4.69, 9.17) is 0 Å². The number of para-hydroxylation sites is 1. The zero-order valence-electron chi connectivity index (χ0n) is 8.65. The van der Waals surface area contributed by atoms with Crippen LogP contribution in [0.3, 0.4) is 0 Å². The van der Waals surface area contributed by atoms with Gasteiger partial charge in [0.1, 0.15) is 0 Å². The summed E-state index contributed by atoms with van der Waals surface area (Å²) in [6.07, 6.45) is 1.79. The second-order valence-corrected chi connectivity index (χ2v) is 3.31. The van der Waals surface area contributed by atoms with Crippen molar-refractivity contribution in [2.24, 2.45) is 0 Å². The second kappa shape index (κ2) is 3.74. The van der Waals surface area contributed by atoms with Crippen molar-refractivity contribution in [3.05, 3.63) is 36.0 Å². The Balaban J connectivity index is 2.57. The van der Waals surface area contributed by atoms with Gasteiger partial charge in [-0.2, -0.15) is 0 Å². The van der Waals surface area contributed by atoms with Gasteiger partial charge in [-0.05, 0) is 18.6 Å². The number of nitrogens with one attached hydrogen (secondary N) is 1. The van der Waals surface area contributed by atoms with Crippen LogP contribution >= 0.6 is 0 Å². The molecule has 4 heteroatoms. The Morgan fingerprint density at radius 1 is 1.40 bits per heavy atom. The molecular formula is C11H12N2O2. The van der Waals surface area contributed by atoms with E-state index < -0.39 is 0 Å². The van der Waals surface area contributed by atoms with Crippen LogP contribution in [0.1, 0.15) is 5.56 Å². The van der Waals surface area contributed by atoms with Crippen molar-refractivity contribution in [3.8, 4) is 0 Å². The second-order valence-electron chi connectivity index (χ2n) is 3.31. The van der Waals surface area contributed by atoms with Gasteiger partial charge in [0.05, 0.1) is 12.6 Å². The number of hydroxylamine groups is 1. The summed E-state index contributed by atoms with van der Waals surface area (Å²) in [6, 6.07) is 7.45. The Labute approximate surface area is 87.4 Å². The number of hydrogen-bond donors (Lipinski definition) is 1. The highest BCUT2D eigenvalue weighted by molar-refractivity contribution is 5.93. The maximum absolute atomic E-state index is 11.6. The number of amides is 1. The zero-order valence-corrected chi connectivity index (χ0v) is 8.65. The first-order valence-electron chi connectivity index (χ1n) is 4.64. The Morgan fingerprint density at radius 3 is 2.87 bits per heavy atom. The average Bonchev–Trinajstić information content (AvgIpc) is 2.58. The fraction of sp³-hybridized carbons (Fsp3) is 0.182. The Morgan fingerprint density at radius 2 is 2.13 bits per heavy atom. The lowest BCUT2D eigenvalue weighted by Gasteiger charge is -2.03. The van der Waals surface area contributed by atoms with E-state index in [2.05, 4.69) is 10.3 Å². The topological polar surface area (TPSA) is 43.3 Å². The molecule has 0 aliphatic carbocycles. The third kappa shape index (κ3) is 1.59. The van der Waals surface area contributed by atoms with Gasteiger partial charge in [0, 0.05) is 11.6 Å². The summed E-state index contributed by atoms with van der Waals surface area (Å²) in [5, 5.41) is 1.07. The maximum Gasteiger partial charge on any atom is 0.349 e. The number of rotatable bonds is 1. The molecule has 1 amide bonds. The summed E-state index contributed by atoms with van der Waals surface area (Å²) in [6.45, 7) is 1.97.